The number of aliphatic carboxylic acids is 1. The number of aliphatic hydroxyl groups excluding tert-OH is 1. The van der Waals surface area contributed by atoms with Gasteiger partial charge in [-0.25, -0.2) is 0 Å². The molecule has 80 valence electrons. The van der Waals surface area contributed by atoms with Gasteiger partial charge in [0.15, 0.2) is 0 Å². The summed E-state index contributed by atoms with van der Waals surface area (Å²) < 4.78 is 0. The van der Waals surface area contributed by atoms with Crippen LogP contribution >= 0.6 is 0 Å². The predicted molar refractivity (Wildman–Crippen MR) is 51.9 cm³/mol. The molecule has 2 aliphatic rings. The Morgan fingerprint density at radius 2 is 1.86 bits per heavy atom. The van der Waals surface area contributed by atoms with E-state index in [2.05, 4.69) is 0 Å². The van der Waals surface area contributed by atoms with Crippen LogP contribution in [-0.4, -0.2) is 22.3 Å². The normalized spacial score (nSPS) is 38.2. The first-order chi connectivity index (χ1) is 6.62. The smallest absolute Gasteiger partial charge is 0.309 e. The van der Waals surface area contributed by atoms with Gasteiger partial charge in [0, 0.05) is 0 Å². The van der Waals surface area contributed by atoms with Crippen LogP contribution in [0.15, 0.2) is 0 Å². The fourth-order valence-corrected chi connectivity index (χ4v) is 3.04. The number of rotatable bonds is 3. The van der Waals surface area contributed by atoms with E-state index in [-0.39, 0.29) is 6.10 Å². The van der Waals surface area contributed by atoms with Gasteiger partial charge in [-0.05, 0) is 25.2 Å². The van der Waals surface area contributed by atoms with Crippen LogP contribution in [0.5, 0.6) is 0 Å². The lowest BCUT2D eigenvalue weighted by Gasteiger charge is -2.43. The molecule has 0 aromatic rings. The van der Waals surface area contributed by atoms with Crippen molar-refractivity contribution in [2.45, 2.75) is 51.0 Å². The first-order valence-corrected chi connectivity index (χ1v) is 5.54. The van der Waals surface area contributed by atoms with Crippen molar-refractivity contribution in [2.75, 3.05) is 0 Å². The molecule has 3 nitrogen and oxygen atoms in total. The molecule has 0 saturated heterocycles. The van der Waals surface area contributed by atoms with Gasteiger partial charge in [-0.2, -0.15) is 0 Å². The third kappa shape index (κ3) is 1.65. The Kier molecular flexibility index (Phi) is 2.52. The molecule has 0 heterocycles. The average Bonchev–Trinajstić information content (AvgIpc) is 2.53. The van der Waals surface area contributed by atoms with Crippen LogP contribution in [0.3, 0.4) is 0 Å². The minimum atomic E-state index is -0.699. The number of carbonyl (C=O) groups is 1. The summed E-state index contributed by atoms with van der Waals surface area (Å²) in [6.45, 7) is 0. The number of carboxylic acids is 1. The van der Waals surface area contributed by atoms with Crippen molar-refractivity contribution in [1.82, 2.24) is 0 Å². The van der Waals surface area contributed by atoms with E-state index in [1.54, 1.807) is 0 Å². The maximum atomic E-state index is 11.1. The molecule has 0 radical (unpaired) electrons. The fourth-order valence-electron chi connectivity index (χ4n) is 3.04. The maximum Gasteiger partial charge on any atom is 0.309 e. The molecule has 2 fully saturated rings. The monoisotopic (exact) mass is 198 g/mol. The average molecular weight is 198 g/mol. The molecule has 2 saturated carbocycles. The van der Waals surface area contributed by atoms with Gasteiger partial charge in [-0.1, -0.05) is 25.7 Å². The zero-order valence-electron chi connectivity index (χ0n) is 8.41. The third-order valence-corrected chi connectivity index (χ3v) is 3.86. The van der Waals surface area contributed by atoms with Gasteiger partial charge in [0.25, 0.3) is 0 Å². The summed E-state index contributed by atoms with van der Waals surface area (Å²) in [6.07, 6.45) is 6.24. The van der Waals surface area contributed by atoms with Crippen LogP contribution in [-0.2, 0) is 4.79 Å². The van der Waals surface area contributed by atoms with E-state index in [9.17, 15) is 9.90 Å². The van der Waals surface area contributed by atoms with E-state index in [4.69, 9.17) is 5.11 Å². The fraction of sp³-hybridized carbons (Fsp3) is 0.909. The second-order valence-electron chi connectivity index (χ2n) is 5.00. The van der Waals surface area contributed by atoms with Crippen molar-refractivity contribution in [3.05, 3.63) is 0 Å². The molecule has 2 rings (SSSR count). The summed E-state index contributed by atoms with van der Waals surface area (Å²) in [5.41, 5.74) is -0.575. The van der Waals surface area contributed by atoms with Crippen molar-refractivity contribution in [3.63, 3.8) is 0 Å². The standard InChI is InChI=1S/C11H18O3/c12-9-6-11(7-9,10(13)14)5-8-3-1-2-4-8/h8-9,12H,1-7H2,(H,13,14). The van der Waals surface area contributed by atoms with Crippen molar-refractivity contribution in [2.24, 2.45) is 11.3 Å². The molecule has 0 aromatic carbocycles. The van der Waals surface area contributed by atoms with Crippen molar-refractivity contribution in [1.29, 1.82) is 0 Å². The largest absolute Gasteiger partial charge is 0.481 e. The van der Waals surface area contributed by atoms with Gasteiger partial charge >= 0.3 is 5.97 Å². The van der Waals surface area contributed by atoms with Crippen LogP contribution in [0.2, 0.25) is 0 Å². The topological polar surface area (TPSA) is 57.5 Å². The Labute approximate surface area is 84.1 Å². The molecule has 0 atom stereocenters. The minimum absolute atomic E-state index is 0.368. The first-order valence-electron chi connectivity index (χ1n) is 5.54. The van der Waals surface area contributed by atoms with Crippen LogP contribution in [0.25, 0.3) is 0 Å². The molecule has 2 N–H and O–H groups in total. The minimum Gasteiger partial charge on any atom is -0.481 e. The van der Waals surface area contributed by atoms with Crippen molar-refractivity contribution in [3.8, 4) is 0 Å². The van der Waals surface area contributed by atoms with Gasteiger partial charge < -0.3 is 10.2 Å². The van der Waals surface area contributed by atoms with Gasteiger partial charge in [0.2, 0.25) is 0 Å². The molecule has 0 bridgehead atoms. The van der Waals surface area contributed by atoms with E-state index in [1.807, 2.05) is 0 Å². The Bertz CT molecular complexity index is 225. The van der Waals surface area contributed by atoms with Gasteiger partial charge in [0.05, 0.1) is 11.5 Å². The van der Waals surface area contributed by atoms with Crippen LogP contribution < -0.4 is 0 Å². The molecular formula is C11H18O3. The summed E-state index contributed by atoms with van der Waals surface area (Å²) in [5, 5.41) is 18.4. The van der Waals surface area contributed by atoms with E-state index in [1.165, 1.54) is 25.7 Å². The van der Waals surface area contributed by atoms with Gasteiger partial charge in [-0.3, -0.25) is 4.79 Å². The van der Waals surface area contributed by atoms with E-state index in [0.29, 0.717) is 18.8 Å². The molecule has 0 aromatic heterocycles. The molecule has 3 heteroatoms. The SMILES string of the molecule is O=C(O)C1(CC2CCCC2)CC(O)C1. The third-order valence-electron chi connectivity index (χ3n) is 3.86. The van der Waals surface area contributed by atoms with Crippen molar-refractivity contribution < 1.29 is 15.0 Å². The van der Waals surface area contributed by atoms with E-state index < -0.39 is 11.4 Å². The van der Waals surface area contributed by atoms with Gasteiger partial charge in [-0.15, -0.1) is 0 Å². The lowest BCUT2D eigenvalue weighted by atomic mass is 9.62. The summed E-state index contributed by atoms with van der Waals surface area (Å²) in [4.78, 5) is 11.1. The number of aliphatic hydroxyl groups is 1. The zero-order chi connectivity index (χ0) is 10.2. The summed E-state index contributed by atoms with van der Waals surface area (Å²) in [6, 6.07) is 0. The molecule has 0 spiro atoms. The highest BCUT2D eigenvalue weighted by atomic mass is 16.4. The Balaban J connectivity index is 1.95. The Hall–Kier alpha value is -0.570. The second kappa shape index (κ2) is 3.54. The lowest BCUT2D eigenvalue weighted by molar-refractivity contribution is -0.165. The number of hydrogen-bond acceptors (Lipinski definition) is 2. The highest BCUT2D eigenvalue weighted by Crippen LogP contribution is 2.48. The number of hydrogen-bond donors (Lipinski definition) is 2. The van der Waals surface area contributed by atoms with E-state index >= 15 is 0 Å². The van der Waals surface area contributed by atoms with Crippen LogP contribution in [0.1, 0.15) is 44.9 Å². The van der Waals surface area contributed by atoms with Crippen LogP contribution in [0, 0.1) is 11.3 Å². The van der Waals surface area contributed by atoms with Crippen LogP contribution in [0.4, 0.5) is 0 Å². The van der Waals surface area contributed by atoms with E-state index in [0.717, 1.165) is 6.42 Å². The highest BCUT2D eigenvalue weighted by molar-refractivity contribution is 5.76. The quantitative estimate of drug-likeness (QED) is 0.727. The zero-order valence-corrected chi connectivity index (χ0v) is 8.41. The molecule has 0 amide bonds. The molecule has 2 aliphatic carbocycles. The summed E-state index contributed by atoms with van der Waals surface area (Å²) in [5.74, 6) is -0.103. The lowest BCUT2D eigenvalue weighted by Crippen LogP contribution is -2.47. The predicted octanol–water partition coefficient (Wildman–Crippen LogP) is 1.79. The maximum absolute atomic E-state index is 11.1. The molecule has 14 heavy (non-hydrogen) atoms. The molecular weight excluding hydrogens is 180 g/mol. The summed E-state index contributed by atoms with van der Waals surface area (Å²) >= 11 is 0. The second-order valence-corrected chi connectivity index (χ2v) is 5.00. The summed E-state index contributed by atoms with van der Waals surface area (Å²) in [7, 11) is 0. The molecule has 0 unspecified atom stereocenters. The Morgan fingerprint density at radius 1 is 1.29 bits per heavy atom. The highest BCUT2D eigenvalue weighted by Gasteiger charge is 2.50. The first kappa shape index (κ1) is 9.97. The van der Waals surface area contributed by atoms with Gasteiger partial charge in [0.1, 0.15) is 0 Å². The Morgan fingerprint density at radius 3 is 2.29 bits per heavy atom. The number of carboxylic acid groups (broad SMARTS) is 1. The van der Waals surface area contributed by atoms with Crippen molar-refractivity contribution >= 4 is 5.97 Å². The molecule has 0 aliphatic heterocycles.